The molecule has 0 bridgehead atoms. The van der Waals surface area contributed by atoms with E-state index in [0.29, 0.717) is 24.3 Å². The number of hydrogen-bond donors (Lipinski definition) is 1. The van der Waals surface area contributed by atoms with E-state index < -0.39 is 5.97 Å². The molecule has 26 heavy (non-hydrogen) atoms. The van der Waals surface area contributed by atoms with Crippen LogP contribution in [-0.2, 0) is 6.42 Å². The quantitative estimate of drug-likeness (QED) is 0.696. The van der Waals surface area contributed by atoms with Gasteiger partial charge in [0.1, 0.15) is 0 Å². The fourth-order valence-electron chi connectivity index (χ4n) is 3.35. The summed E-state index contributed by atoms with van der Waals surface area (Å²) in [5, 5.41) is 13.5. The van der Waals surface area contributed by atoms with E-state index in [1.54, 1.807) is 46.1 Å². The molecule has 0 radical (unpaired) electrons. The number of aromatic nitrogens is 3. The summed E-state index contributed by atoms with van der Waals surface area (Å²) in [4.78, 5) is 30.1. The lowest BCUT2D eigenvalue weighted by atomic mass is 9.91. The average Bonchev–Trinajstić information content (AvgIpc) is 3.04. The Morgan fingerprint density at radius 1 is 1.31 bits per heavy atom. The molecule has 8 heteroatoms. The van der Waals surface area contributed by atoms with Crippen LogP contribution in [0.15, 0.2) is 41.1 Å². The third-order valence-electron chi connectivity index (χ3n) is 4.69. The molecule has 132 valence electrons. The highest BCUT2D eigenvalue weighted by atomic mass is 79.9. The zero-order valence-electron chi connectivity index (χ0n) is 13.9. The van der Waals surface area contributed by atoms with Gasteiger partial charge in [0.05, 0.1) is 16.1 Å². The van der Waals surface area contributed by atoms with Gasteiger partial charge in [-0.3, -0.25) is 4.79 Å². The van der Waals surface area contributed by atoms with Crippen LogP contribution in [0, 0.1) is 0 Å². The SMILES string of the molecule is CC1c2ccc(C(=O)O)cc2CCN1C(=O)c1cc2ncc(Br)cn2n1. The first-order chi connectivity index (χ1) is 12.4. The van der Waals surface area contributed by atoms with Gasteiger partial charge < -0.3 is 10.0 Å². The van der Waals surface area contributed by atoms with Gasteiger partial charge in [-0.1, -0.05) is 6.07 Å². The summed E-state index contributed by atoms with van der Waals surface area (Å²) >= 11 is 3.34. The van der Waals surface area contributed by atoms with Gasteiger partial charge in [-0.2, -0.15) is 5.10 Å². The third kappa shape index (κ3) is 2.76. The number of carboxylic acids is 1. The highest BCUT2D eigenvalue weighted by Crippen LogP contribution is 2.31. The largest absolute Gasteiger partial charge is 0.478 e. The first-order valence-electron chi connectivity index (χ1n) is 8.12. The zero-order chi connectivity index (χ0) is 18.4. The number of rotatable bonds is 2. The van der Waals surface area contributed by atoms with Crippen LogP contribution in [0.5, 0.6) is 0 Å². The number of benzene rings is 1. The van der Waals surface area contributed by atoms with Gasteiger partial charge in [-0.05, 0) is 52.5 Å². The lowest BCUT2D eigenvalue weighted by Crippen LogP contribution is -2.39. The summed E-state index contributed by atoms with van der Waals surface area (Å²) in [6.45, 7) is 2.46. The van der Waals surface area contributed by atoms with Crippen molar-refractivity contribution >= 4 is 33.5 Å². The molecule has 1 aliphatic heterocycles. The van der Waals surface area contributed by atoms with Crippen molar-refractivity contribution in [2.75, 3.05) is 6.54 Å². The second kappa shape index (κ2) is 6.21. The van der Waals surface area contributed by atoms with Crippen molar-refractivity contribution in [2.45, 2.75) is 19.4 Å². The van der Waals surface area contributed by atoms with Crippen LogP contribution >= 0.6 is 15.9 Å². The van der Waals surface area contributed by atoms with E-state index in [2.05, 4.69) is 26.0 Å². The van der Waals surface area contributed by atoms with Crippen molar-refractivity contribution < 1.29 is 14.7 Å². The van der Waals surface area contributed by atoms with Crippen molar-refractivity contribution in [1.29, 1.82) is 0 Å². The van der Waals surface area contributed by atoms with E-state index >= 15 is 0 Å². The van der Waals surface area contributed by atoms with Crippen LogP contribution in [0.3, 0.4) is 0 Å². The molecule has 0 aliphatic carbocycles. The Balaban J connectivity index is 1.65. The Morgan fingerprint density at radius 3 is 2.88 bits per heavy atom. The average molecular weight is 415 g/mol. The molecule has 3 aromatic rings. The zero-order valence-corrected chi connectivity index (χ0v) is 15.5. The summed E-state index contributed by atoms with van der Waals surface area (Å²) < 4.78 is 2.35. The minimum atomic E-state index is -0.942. The number of carbonyl (C=O) groups is 2. The maximum atomic E-state index is 13.0. The molecule has 7 nitrogen and oxygen atoms in total. The molecule has 1 N–H and O–H groups in total. The Hall–Kier alpha value is -2.74. The molecule has 1 unspecified atom stereocenters. The van der Waals surface area contributed by atoms with Crippen molar-refractivity contribution in [1.82, 2.24) is 19.5 Å². The maximum absolute atomic E-state index is 13.0. The number of aromatic carboxylic acids is 1. The topological polar surface area (TPSA) is 87.8 Å². The number of amides is 1. The molecule has 1 amide bonds. The summed E-state index contributed by atoms with van der Waals surface area (Å²) in [7, 11) is 0. The molecule has 1 aromatic carbocycles. The Bertz CT molecular complexity index is 1050. The predicted octanol–water partition coefficient (Wildman–Crippen LogP) is 2.95. The number of hydrogen-bond acceptors (Lipinski definition) is 4. The molecule has 2 aromatic heterocycles. The lowest BCUT2D eigenvalue weighted by Gasteiger charge is -2.35. The van der Waals surface area contributed by atoms with Crippen molar-refractivity contribution in [3.8, 4) is 0 Å². The molecule has 1 atom stereocenters. The third-order valence-corrected chi connectivity index (χ3v) is 5.10. The van der Waals surface area contributed by atoms with Crippen LogP contribution in [0.4, 0.5) is 0 Å². The highest BCUT2D eigenvalue weighted by Gasteiger charge is 2.30. The van der Waals surface area contributed by atoms with Gasteiger partial charge in [-0.15, -0.1) is 0 Å². The molecule has 0 saturated heterocycles. The lowest BCUT2D eigenvalue weighted by molar-refractivity contribution is 0.0663. The smallest absolute Gasteiger partial charge is 0.335 e. The van der Waals surface area contributed by atoms with Gasteiger partial charge in [-0.25, -0.2) is 14.3 Å². The van der Waals surface area contributed by atoms with Gasteiger partial charge in [0, 0.05) is 25.0 Å². The van der Waals surface area contributed by atoms with Crippen LogP contribution in [0.1, 0.15) is 44.9 Å². The minimum absolute atomic E-state index is 0.154. The van der Waals surface area contributed by atoms with E-state index in [1.165, 1.54) is 0 Å². The molecular formula is C18H15BrN4O3. The van der Waals surface area contributed by atoms with Crippen LogP contribution in [0.2, 0.25) is 0 Å². The highest BCUT2D eigenvalue weighted by molar-refractivity contribution is 9.10. The van der Waals surface area contributed by atoms with Crippen LogP contribution in [-0.4, -0.2) is 43.0 Å². The van der Waals surface area contributed by atoms with Crippen molar-refractivity contribution in [2.24, 2.45) is 0 Å². The van der Waals surface area contributed by atoms with Crippen molar-refractivity contribution in [3.05, 3.63) is 63.5 Å². The molecule has 4 rings (SSSR count). The summed E-state index contributed by atoms with van der Waals surface area (Å²) in [6.07, 6.45) is 4.02. The number of nitrogens with zero attached hydrogens (tertiary/aromatic N) is 4. The first kappa shape index (κ1) is 16.7. The standard InChI is InChI=1S/C18H15BrN4O3/c1-10-14-3-2-12(18(25)26)6-11(14)4-5-22(10)17(24)15-7-16-20-8-13(19)9-23(16)21-15/h2-3,6-10H,4-5H2,1H3,(H,25,26). The first-order valence-corrected chi connectivity index (χ1v) is 8.91. The number of halogens is 1. The van der Waals surface area contributed by atoms with Gasteiger partial charge >= 0.3 is 5.97 Å². The molecule has 0 spiro atoms. The predicted molar refractivity (Wildman–Crippen MR) is 97.2 cm³/mol. The number of carbonyl (C=O) groups excluding carboxylic acids is 1. The molecular weight excluding hydrogens is 400 g/mol. The van der Waals surface area contributed by atoms with E-state index in [9.17, 15) is 9.59 Å². The van der Waals surface area contributed by atoms with Gasteiger partial charge in [0.15, 0.2) is 11.3 Å². The monoisotopic (exact) mass is 414 g/mol. The summed E-state index contributed by atoms with van der Waals surface area (Å²) in [6, 6.07) is 6.59. The van der Waals surface area contributed by atoms with Crippen molar-refractivity contribution in [3.63, 3.8) is 0 Å². The molecule has 0 fully saturated rings. The Morgan fingerprint density at radius 2 is 2.12 bits per heavy atom. The number of fused-ring (bicyclic) bond motifs is 2. The normalized spacial score (nSPS) is 16.5. The second-order valence-electron chi connectivity index (χ2n) is 6.25. The molecule has 1 aliphatic rings. The summed E-state index contributed by atoms with van der Waals surface area (Å²) in [5.41, 5.74) is 3.16. The number of carboxylic acid groups (broad SMARTS) is 1. The van der Waals surface area contributed by atoms with E-state index in [4.69, 9.17) is 5.11 Å². The van der Waals surface area contributed by atoms with E-state index in [0.717, 1.165) is 15.6 Å². The van der Waals surface area contributed by atoms with E-state index in [1.807, 2.05) is 6.92 Å². The van der Waals surface area contributed by atoms with E-state index in [-0.39, 0.29) is 17.5 Å². The Kier molecular flexibility index (Phi) is 3.99. The molecule has 3 heterocycles. The van der Waals surface area contributed by atoms with Crippen LogP contribution in [0.25, 0.3) is 5.65 Å². The minimum Gasteiger partial charge on any atom is -0.478 e. The fourth-order valence-corrected chi connectivity index (χ4v) is 3.64. The van der Waals surface area contributed by atoms with Gasteiger partial charge in [0.2, 0.25) is 0 Å². The molecule has 0 saturated carbocycles. The Labute approximate surface area is 157 Å². The van der Waals surface area contributed by atoms with Crippen LogP contribution < -0.4 is 0 Å². The summed E-state index contributed by atoms with van der Waals surface area (Å²) in [5.74, 6) is -1.10. The van der Waals surface area contributed by atoms with Gasteiger partial charge in [0.25, 0.3) is 5.91 Å². The maximum Gasteiger partial charge on any atom is 0.335 e. The second-order valence-corrected chi connectivity index (χ2v) is 7.16. The fraction of sp³-hybridized carbons (Fsp3) is 0.222.